The molecule has 1 fully saturated rings. The van der Waals surface area contributed by atoms with Crippen molar-refractivity contribution >= 4 is 23.7 Å². The fourth-order valence-electron chi connectivity index (χ4n) is 2.51. The lowest BCUT2D eigenvalue weighted by Crippen LogP contribution is -2.55. The second-order valence-corrected chi connectivity index (χ2v) is 7.50. The molecule has 24 heavy (non-hydrogen) atoms. The van der Waals surface area contributed by atoms with Gasteiger partial charge in [-0.2, -0.15) is 4.98 Å². The molecule has 0 spiro atoms. The van der Waals surface area contributed by atoms with E-state index in [4.69, 9.17) is 9.47 Å². The number of hydrogen-bond donors (Lipinski definition) is 0. The van der Waals surface area contributed by atoms with Gasteiger partial charge in [-0.15, -0.1) is 0 Å². The van der Waals surface area contributed by atoms with Crippen LogP contribution in [0.5, 0.6) is 5.88 Å². The Hall–Kier alpha value is -1.70. The average molecular weight is 354 g/mol. The van der Waals surface area contributed by atoms with E-state index >= 15 is 0 Å². The summed E-state index contributed by atoms with van der Waals surface area (Å²) < 4.78 is 10.7. The number of methoxy groups -OCH3 is 1. The normalized spacial score (nSPS) is 18.5. The first kappa shape index (κ1) is 18.6. The number of nitrogens with zero attached hydrogens (tertiary/aromatic N) is 4. The van der Waals surface area contributed by atoms with E-state index < -0.39 is 5.60 Å². The van der Waals surface area contributed by atoms with Gasteiger partial charge in [0.2, 0.25) is 5.88 Å². The Labute approximate surface area is 147 Å². The van der Waals surface area contributed by atoms with Crippen molar-refractivity contribution in [2.45, 2.75) is 44.5 Å². The van der Waals surface area contributed by atoms with Crippen LogP contribution in [0, 0.1) is 0 Å². The summed E-state index contributed by atoms with van der Waals surface area (Å²) in [6, 6.07) is 1.86. The first-order chi connectivity index (χ1) is 11.2. The molecule has 1 aromatic rings. The van der Waals surface area contributed by atoms with Crippen LogP contribution in [0.4, 0.5) is 10.6 Å². The van der Waals surface area contributed by atoms with Gasteiger partial charge in [0.1, 0.15) is 11.4 Å². The summed E-state index contributed by atoms with van der Waals surface area (Å²) in [5.41, 5.74) is -0.485. The minimum atomic E-state index is -0.485. The molecule has 134 valence electrons. The average Bonchev–Trinajstić information content (AvgIpc) is 2.52. The van der Waals surface area contributed by atoms with Crippen molar-refractivity contribution in [1.29, 1.82) is 0 Å². The predicted octanol–water partition coefficient (Wildman–Crippen LogP) is 2.65. The van der Waals surface area contributed by atoms with E-state index in [2.05, 4.69) is 14.9 Å². The number of thioether (sulfide) groups is 1. The Morgan fingerprint density at radius 2 is 2.04 bits per heavy atom. The lowest BCUT2D eigenvalue weighted by atomic mass is 10.2. The zero-order valence-corrected chi connectivity index (χ0v) is 16.0. The van der Waals surface area contributed by atoms with Crippen LogP contribution >= 0.6 is 11.8 Å². The molecule has 1 atom stereocenters. The third-order valence-electron chi connectivity index (χ3n) is 3.64. The molecule has 2 heterocycles. The molecule has 1 amide bonds. The maximum absolute atomic E-state index is 12.3. The summed E-state index contributed by atoms with van der Waals surface area (Å²) >= 11 is 1.48. The van der Waals surface area contributed by atoms with Crippen LogP contribution in [0.1, 0.15) is 27.7 Å². The molecule has 0 bridgehead atoms. The molecule has 8 heteroatoms. The minimum Gasteiger partial charge on any atom is -0.481 e. The molecule has 2 rings (SSSR count). The number of carbonyl (C=O) groups excluding carboxylic acids is 1. The van der Waals surface area contributed by atoms with Crippen LogP contribution in [-0.2, 0) is 4.74 Å². The number of amides is 1. The van der Waals surface area contributed by atoms with Crippen molar-refractivity contribution in [3.05, 3.63) is 6.07 Å². The summed E-state index contributed by atoms with van der Waals surface area (Å²) in [4.78, 5) is 25.1. The molecule has 7 nitrogen and oxygen atoms in total. The van der Waals surface area contributed by atoms with E-state index in [1.54, 1.807) is 12.0 Å². The molecule has 0 N–H and O–H groups in total. The van der Waals surface area contributed by atoms with Crippen molar-refractivity contribution in [3.63, 3.8) is 0 Å². The number of aromatic nitrogens is 2. The summed E-state index contributed by atoms with van der Waals surface area (Å²) in [6.45, 7) is 9.63. The zero-order valence-electron chi connectivity index (χ0n) is 15.2. The molecule has 0 aliphatic carbocycles. The van der Waals surface area contributed by atoms with Crippen LogP contribution in [0.2, 0.25) is 0 Å². The first-order valence-corrected chi connectivity index (χ1v) is 9.17. The van der Waals surface area contributed by atoms with Gasteiger partial charge in [-0.1, -0.05) is 11.8 Å². The second kappa shape index (κ2) is 7.46. The number of rotatable bonds is 3. The van der Waals surface area contributed by atoms with E-state index in [9.17, 15) is 4.79 Å². The van der Waals surface area contributed by atoms with Crippen molar-refractivity contribution < 1.29 is 14.3 Å². The maximum atomic E-state index is 12.3. The lowest BCUT2D eigenvalue weighted by molar-refractivity contribution is 0.0158. The van der Waals surface area contributed by atoms with Crippen LogP contribution in [0.3, 0.4) is 0 Å². The summed E-state index contributed by atoms with van der Waals surface area (Å²) in [5, 5.41) is 0.673. The molecular weight excluding hydrogens is 328 g/mol. The molecule has 1 aliphatic heterocycles. The maximum Gasteiger partial charge on any atom is 0.410 e. The quantitative estimate of drug-likeness (QED) is 0.610. The largest absolute Gasteiger partial charge is 0.481 e. The molecular formula is C16H26N4O3S. The number of anilines is 1. The van der Waals surface area contributed by atoms with Crippen LogP contribution < -0.4 is 9.64 Å². The topological polar surface area (TPSA) is 67.8 Å². The zero-order chi connectivity index (χ0) is 17.9. The standard InChI is InChI=1S/C16H26N4O3S/c1-11-10-19(7-8-20(11)15(21)23-16(2,3)4)12-9-13(22-5)18-14(17-12)24-6/h9,11H,7-8,10H2,1-6H3/t11-/m1/s1. The van der Waals surface area contributed by atoms with Gasteiger partial charge in [-0.05, 0) is 34.0 Å². The Bertz CT molecular complexity index is 569. The predicted molar refractivity (Wildman–Crippen MR) is 95.0 cm³/mol. The minimum absolute atomic E-state index is 0.0345. The Morgan fingerprint density at radius 1 is 1.33 bits per heavy atom. The second-order valence-electron chi connectivity index (χ2n) is 6.72. The van der Waals surface area contributed by atoms with Crippen LogP contribution in [0.15, 0.2) is 11.2 Å². The smallest absolute Gasteiger partial charge is 0.410 e. The van der Waals surface area contributed by atoms with Crippen molar-refractivity contribution in [1.82, 2.24) is 14.9 Å². The molecule has 0 saturated carbocycles. The monoisotopic (exact) mass is 354 g/mol. The first-order valence-electron chi connectivity index (χ1n) is 7.95. The molecule has 0 aromatic carbocycles. The van der Waals surface area contributed by atoms with Gasteiger partial charge in [0, 0.05) is 31.7 Å². The van der Waals surface area contributed by atoms with Gasteiger partial charge >= 0.3 is 6.09 Å². The highest BCUT2D eigenvalue weighted by Crippen LogP contribution is 2.24. The van der Waals surface area contributed by atoms with Crippen LogP contribution in [-0.4, -0.2) is 65.6 Å². The molecule has 1 aliphatic rings. The Kier molecular flexibility index (Phi) is 5.79. The highest BCUT2D eigenvalue weighted by atomic mass is 32.2. The third-order valence-corrected chi connectivity index (χ3v) is 4.19. The van der Waals surface area contributed by atoms with Crippen LogP contribution in [0.25, 0.3) is 0 Å². The third kappa shape index (κ3) is 4.66. The highest BCUT2D eigenvalue weighted by molar-refractivity contribution is 7.98. The number of ether oxygens (including phenoxy) is 2. The van der Waals surface area contributed by atoms with E-state index in [1.807, 2.05) is 40.0 Å². The van der Waals surface area contributed by atoms with Crippen molar-refractivity contribution in [3.8, 4) is 5.88 Å². The fourth-order valence-corrected chi connectivity index (χ4v) is 2.87. The van der Waals surface area contributed by atoms with Gasteiger partial charge in [0.25, 0.3) is 0 Å². The Balaban J connectivity index is 2.09. The van der Waals surface area contributed by atoms with Gasteiger partial charge in [-0.25, -0.2) is 9.78 Å². The SMILES string of the molecule is COc1cc(N2CCN(C(=O)OC(C)(C)C)[C@H](C)C2)nc(SC)n1. The van der Waals surface area contributed by atoms with Gasteiger partial charge in [-0.3, -0.25) is 0 Å². The highest BCUT2D eigenvalue weighted by Gasteiger charge is 2.31. The molecule has 0 unspecified atom stereocenters. The lowest BCUT2D eigenvalue weighted by Gasteiger charge is -2.40. The summed E-state index contributed by atoms with van der Waals surface area (Å²) in [6.07, 6.45) is 1.67. The van der Waals surface area contributed by atoms with Gasteiger partial charge in [0.05, 0.1) is 7.11 Å². The molecule has 0 radical (unpaired) electrons. The fraction of sp³-hybridized carbons (Fsp3) is 0.688. The van der Waals surface area contributed by atoms with Gasteiger partial charge in [0.15, 0.2) is 5.16 Å². The molecule has 1 aromatic heterocycles. The van der Waals surface area contributed by atoms with E-state index in [0.717, 1.165) is 5.82 Å². The number of hydrogen-bond acceptors (Lipinski definition) is 7. The Morgan fingerprint density at radius 3 is 2.58 bits per heavy atom. The van der Waals surface area contributed by atoms with Crippen molar-refractivity contribution in [2.24, 2.45) is 0 Å². The van der Waals surface area contributed by atoms with E-state index in [-0.39, 0.29) is 12.1 Å². The van der Waals surface area contributed by atoms with E-state index in [0.29, 0.717) is 30.7 Å². The van der Waals surface area contributed by atoms with E-state index in [1.165, 1.54) is 11.8 Å². The summed E-state index contributed by atoms with van der Waals surface area (Å²) in [7, 11) is 1.60. The molecule has 1 saturated heterocycles. The van der Waals surface area contributed by atoms with Crippen molar-refractivity contribution in [2.75, 3.05) is 37.9 Å². The number of piperazine rings is 1. The summed E-state index contributed by atoms with van der Waals surface area (Å²) in [5.74, 6) is 1.37. The van der Waals surface area contributed by atoms with Gasteiger partial charge < -0.3 is 19.3 Å². The number of carbonyl (C=O) groups is 1.